The molecule has 5 heteroatoms. The lowest BCUT2D eigenvalue weighted by Gasteiger charge is -2.07. The number of nitrogen functional groups attached to an aromatic ring is 1. The highest BCUT2D eigenvalue weighted by molar-refractivity contribution is 7.99. The second-order valence-electron chi connectivity index (χ2n) is 3.49. The quantitative estimate of drug-likeness (QED) is 0.845. The summed E-state index contributed by atoms with van der Waals surface area (Å²) in [4.78, 5) is 5.22. The van der Waals surface area contributed by atoms with Gasteiger partial charge in [-0.3, -0.25) is 0 Å². The average molecular weight is 250 g/mol. The summed E-state index contributed by atoms with van der Waals surface area (Å²) in [6.45, 7) is 4.41. The topological polar surface area (TPSA) is 61.3 Å². The zero-order chi connectivity index (χ0) is 12.3. The highest BCUT2D eigenvalue weighted by Crippen LogP contribution is 2.32. The van der Waals surface area contributed by atoms with Crippen molar-refractivity contribution in [3.8, 4) is 5.75 Å². The van der Waals surface area contributed by atoms with Gasteiger partial charge in [0, 0.05) is 4.90 Å². The number of hydrogen-bond donors (Lipinski definition) is 1. The van der Waals surface area contributed by atoms with E-state index in [1.807, 2.05) is 32.0 Å². The average Bonchev–Trinajstić information content (AvgIpc) is 2.69. The van der Waals surface area contributed by atoms with Gasteiger partial charge in [0.2, 0.25) is 0 Å². The Morgan fingerprint density at radius 2 is 2.29 bits per heavy atom. The van der Waals surface area contributed by atoms with Crippen LogP contribution in [0, 0.1) is 6.92 Å². The monoisotopic (exact) mass is 250 g/mol. The highest BCUT2D eigenvalue weighted by atomic mass is 32.2. The lowest BCUT2D eigenvalue weighted by molar-refractivity contribution is 0.341. The van der Waals surface area contributed by atoms with Crippen LogP contribution >= 0.6 is 11.8 Å². The normalized spacial score (nSPS) is 10.5. The highest BCUT2D eigenvalue weighted by Gasteiger charge is 2.07. The molecule has 0 aliphatic rings. The number of nitrogens with two attached hydrogens (primary N) is 1. The van der Waals surface area contributed by atoms with Crippen LogP contribution in [-0.4, -0.2) is 11.6 Å². The number of ether oxygens (including phenoxy) is 1. The van der Waals surface area contributed by atoms with Gasteiger partial charge in [0.1, 0.15) is 12.0 Å². The first-order valence-corrected chi connectivity index (χ1v) is 6.13. The van der Waals surface area contributed by atoms with Crippen molar-refractivity contribution in [2.45, 2.75) is 24.0 Å². The number of oxazole rings is 1. The Morgan fingerprint density at radius 3 is 2.94 bits per heavy atom. The van der Waals surface area contributed by atoms with E-state index in [9.17, 15) is 0 Å². The third kappa shape index (κ3) is 2.94. The first-order valence-electron chi connectivity index (χ1n) is 5.31. The third-order valence-electron chi connectivity index (χ3n) is 2.09. The van der Waals surface area contributed by atoms with Crippen LogP contribution in [0.25, 0.3) is 0 Å². The van der Waals surface area contributed by atoms with Crippen molar-refractivity contribution >= 4 is 17.4 Å². The van der Waals surface area contributed by atoms with E-state index < -0.39 is 0 Å². The van der Waals surface area contributed by atoms with E-state index in [0.29, 0.717) is 23.3 Å². The fraction of sp³-hybridized carbons (Fsp3) is 0.250. The molecule has 0 bridgehead atoms. The molecule has 1 heterocycles. The molecule has 0 fully saturated rings. The van der Waals surface area contributed by atoms with Crippen LogP contribution in [0.1, 0.15) is 12.6 Å². The smallest absolute Gasteiger partial charge is 0.260 e. The predicted molar refractivity (Wildman–Crippen MR) is 67.4 cm³/mol. The van der Waals surface area contributed by atoms with Crippen LogP contribution in [0.4, 0.5) is 5.69 Å². The number of benzene rings is 1. The number of aryl methyl sites for hydroxylation is 1. The van der Waals surface area contributed by atoms with Crippen LogP contribution in [0.2, 0.25) is 0 Å². The lowest BCUT2D eigenvalue weighted by Crippen LogP contribution is -1.96. The van der Waals surface area contributed by atoms with Gasteiger partial charge in [0.05, 0.1) is 18.0 Å². The Kier molecular flexibility index (Phi) is 3.58. The van der Waals surface area contributed by atoms with E-state index in [-0.39, 0.29) is 0 Å². The summed E-state index contributed by atoms with van der Waals surface area (Å²) < 4.78 is 10.7. The number of anilines is 1. The minimum absolute atomic E-state index is 0.594. The zero-order valence-electron chi connectivity index (χ0n) is 9.77. The summed E-state index contributed by atoms with van der Waals surface area (Å²) in [7, 11) is 0. The minimum Gasteiger partial charge on any atom is -0.492 e. The van der Waals surface area contributed by atoms with Crippen LogP contribution < -0.4 is 10.5 Å². The lowest BCUT2D eigenvalue weighted by atomic mass is 10.3. The standard InChI is InChI=1S/C12H14N2O2S/c1-3-15-11-6-9(4-5-10(11)13)17-12-14-8(2)7-16-12/h4-7H,3,13H2,1-2H3. The van der Waals surface area contributed by atoms with E-state index in [2.05, 4.69) is 4.98 Å². The first-order chi connectivity index (χ1) is 8.19. The number of nitrogens with zero attached hydrogens (tertiary/aromatic N) is 1. The van der Waals surface area contributed by atoms with Gasteiger partial charge >= 0.3 is 0 Å². The van der Waals surface area contributed by atoms with Gasteiger partial charge in [-0.15, -0.1) is 0 Å². The van der Waals surface area contributed by atoms with Crippen molar-refractivity contribution in [2.24, 2.45) is 0 Å². The molecule has 4 nitrogen and oxygen atoms in total. The Hall–Kier alpha value is -1.62. The summed E-state index contributed by atoms with van der Waals surface area (Å²) in [5.74, 6) is 0.695. The van der Waals surface area contributed by atoms with Gasteiger partial charge in [-0.25, -0.2) is 4.98 Å². The molecule has 2 aromatic rings. The van der Waals surface area contributed by atoms with Crippen LogP contribution in [0.3, 0.4) is 0 Å². The minimum atomic E-state index is 0.594. The molecular formula is C12H14N2O2S. The Morgan fingerprint density at radius 1 is 1.47 bits per heavy atom. The molecule has 90 valence electrons. The van der Waals surface area contributed by atoms with Crippen LogP contribution in [0.5, 0.6) is 5.75 Å². The van der Waals surface area contributed by atoms with Crippen molar-refractivity contribution in [3.63, 3.8) is 0 Å². The van der Waals surface area contributed by atoms with Gasteiger partial charge in [0.15, 0.2) is 0 Å². The molecular weight excluding hydrogens is 236 g/mol. The molecule has 0 saturated carbocycles. The summed E-state index contributed by atoms with van der Waals surface area (Å²) in [6.07, 6.45) is 1.63. The van der Waals surface area contributed by atoms with Crippen molar-refractivity contribution < 1.29 is 9.15 Å². The SMILES string of the molecule is CCOc1cc(Sc2nc(C)co2)ccc1N. The zero-order valence-corrected chi connectivity index (χ0v) is 10.6. The maximum atomic E-state index is 5.80. The van der Waals surface area contributed by atoms with Crippen molar-refractivity contribution in [1.29, 1.82) is 0 Å². The molecule has 0 unspecified atom stereocenters. The summed E-state index contributed by atoms with van der Waals surface area (Å²) in [5, 5.41) is 0.620. The number of aromatic nitrogens is 1. The van der Waals surface area contributed by atoms with E-state index in [1.165, 1.54) is 11.8 Å². The molecule has 0 atom stereocenters. The van der Waals surface area contributed by atoms with Gasteiger partial charge in [-0.2, -0.15) is 0 Å². The Labute approximate surface area is 104 Å². The Bertz CT molecular complexity index is 511. The van der Waals surface area contributed by atoms with Gasteiger partial charge in [-0.05, 0) is 43.8 Å². The van der Waals surface area contributed by atoms with Crippen LogP contribution in [-0.2, 0) is 0 Å². The van der Waals surface area contributed by atoms with Crippen molar-refractivity contribution in [3.05, 3.63) is 30.2 Å². The van der Waals surface area contributed by atoms with E-state index in [4.69, 9.17) is 14.9 Å². The van der Waals surface area contributed by atoms with E-state index >= 15 is 0 Å². The van der Waals surface area contributed by atoms with Crippen molar-refractivity contribution in [2.75, 3.05) is 12.3 Å². The third-order valence-corrected chi connectivity index (χ3v) is 2.94. The van der Waals surface area contributed by atoms with Crippen molar-refractivity contribution in [1.82, 2.24) is 4.98 Å². The predicted octanol–water partition coefficient (Wildman–Crippen LogP) is 3.12. The van der Waals surface area contributed by atoms with Crippen LogP contribution in [0.15, 0.2) is 39.0 Å². The number of hydrogen-bond acceptors (Lipinski definition) is 5. The molecule has 0 radical (unpaired) electrons. The van der Waals surface area contributed by atoms with Gasteiger partial charge in [-0.1, -0.05) is 0 Å². The molecule has 2 N–H and O–H groups in total. The van der Waals surface area contributed by atoms with E-state index in [0.717, 1.165) is 10.6 Å². The first kappa shape index (κ1) is 11.9. The molecule has 0 saturated heterocycles. The maximum Gasteiger partial charge on any atom is 0.260 e. The summed E-state index contributed by atoms with van der Waals surface area (Å²) in [5.41, 5.74) is 7.31. The fourth-order valence-electron chi connectivity index (χ4n) is 1.34. The molecule has 2 rings (SSSR count). The molecule has 1 aromatic carbocycles. The fourth-order valence-corrected chi connectivity index (χ4v) is 2.13. The number of rotatable bonds is 4. The Balaban J connectivity index is 2.18. The summed E-state index contributed by atoms with van der Waals surface area (Å²) >= 11 is 1.44. The molecule has 0 aliphatic heterocycles. The molecule has 0 spiro atoms. The molecule has 17 heavy (non-hydrogen) atoms. The van der Waals surface area contributed by atoms with Gasteiger partial charge < -0.3 is 14.9 Å². The molecule has 0 amide bonds. The van der Waals surface area contributed by atoms with E-state index in [1.54, 1.807) is 6.26 Å². The second kappa shape index (κ2) is 5.14. The maximum absolute atomic E-state index is 5.80. The second-order valence-corrected chi connectivity index (χ2v) is 4.51. The molecule has 1 aromatic heterocycles. The molecule has 0 aliphatic carbocycles. The van der Waals surface area contributed by atoms with Gasteiger partial charge in [0.25, 0.3) is 5.22 Å². The summed E-state index contributed by atoms with van der Waals surface area (Å²) in [6, 6.07) is 5.63. The largest absolute Gasteiger partial charge is 0.492 e.